The average molecular weight is 372 g/mol. The molecule has 1 aliphatic heterocycles. The second-order valence-electron chi connectivity index (χ2n) is 4.42. The molecule has 110 valence electrons. The number of benzene rings is 1. The van der Waals surface area contributed by atoms with E-state index in [9.17, 15) is 5.11 Å². The third kappa shape index (κ3) is 4.80. The number of hydrogen-bond donors (Lipinski definition) is 2. The minimum absolute atomic E-state index is 0. The Morgan fingerprint density at radius 1 is 1.32 bits per heavy atom. The van der Waals surface area contributed by atoms with Crippen LogP contribution >= 0.6 is 40.7 Å². The molecular formula is C13H21BrCl2N2O. The van der Waals surface area contributed by atoms with Crippen molar-refractivity contribution in [2.24, 2.45) is 0 Å². The zero-order valence-corrected chi connectivity index (χ0v) is 14.2. The predicted octanol–water partition coefficient (Wildman–Crippen LogP) is 3.35. The van der Waals surface area contributed by atoms with E-state index in [1.54, 1.807) is 6.07 Å². The second-order valence-corrected chi connectivity index (χ2v) is 5.28. The van der Waals surface area contributed by atoms with Crippen LogP contribution in [0.1, 0.15) is 24.9 Å². The molecule has 0 unspecified atom stereocenters. The zero-order chi connectivity index (χ0) is 12.3. The minimum atomic E-state index is 0. The summed E-state index contributed by atoms with van der Waals surface area (Å²) in [7, 11) is 0. The van der Waals surface area contributed by atoms with Gasteiger partial charge in [0.2, 0.25) is 0 Å². The van der Waals surface area contributed by atoms with Gasteiger partial charge in [-0.25, -0.2) is 0 Å². The van der Waals surface area contributed by atoms with E-state index in [4.69, 9.17) is 0 Å². The summed E-state index contributed by atoms with van der Waals surface area (Å²) in [5.74, 6) is 0.309. The van der Waals surface area contributed by atoms with Crippen molar-refractivity contribution in [1.82, 2.24) is 10.2 Å². The SMILES string of the molecule is CC[C@H](c1ccc(O)c(Br)c1)N1CCNCC1.Cl.Cl. The quantitative estimate of drug-likeness (QED) is 0.855. The molecule has 19 heavy (non-hydrogen) atoms. The van der Waals surface area contributed by atoms with E-state index < -0.39 is 0 Å². The molecule has 1 aromatic rings. The van der Waals surface area contributed by atoms with Gasteiger partial charge in [0.25, 0.3) is 0 Å². The van der Waals surface area contributed by atoms with Gasteiger partial charge in [-0.15, -0.1) is 24.8 Å². The third-order valence-corrected chi connectivity index (χ3v) is 3.97. The Morgan fingerprint density at radius 3 is 2.47 bits per heavy atom. The van der Waals surface area contributed by atoms with Gasteiger partial charge < -0.3 is 10.4 Å². The second kappa shape index (κ2) is 9.03. The lowest BCUT2D eigenvalue weighted by molar-refractivity contribution is 0.169. The lowest BCUT2D eigenvalue weighted by atomic mass is 10.0. The van der Waals surface area contributed by atoms with Crippen molar-refractivity contribution in [3.8, 4) is 5.75 Å². The summed E-state index contributed by atoms with van der Waals surface area (Å²) < 4.78 is 0.781. The number of hydrogen-bond acceptors (Lipinski definition) is 3. The molecule has 0 spiro atoms. The van der Waals surface area contributed by atoms with E-state index in [-0.39, 0.29) is 24.8 Å². The van der Waals surface area contributed by atoms with Gasteiger partial charge >= 0.3 is 0 Å². The van der Waals surface area contributed by atoms with E-state index in [2.05, 4.69) is 33.1 Å². The third-order valence-electron chi connectivity index (χ3n) is 3.34. The van der Waals surface area contributed by atoms with Crippen LogP contribution in [0.2, 0.25) is 0 Å². The van der Waals surface area contributed by atoms with Gasteiger partial charge in [0.05, 0.1) is 4.47 Å². The Bertz CT molecular complexity index is 387. The molecule has 1 atom stereocenters. The van der Waals surface area contributed by atoms with Crippen molar-refractivity contribution < 1.29 is 5.11 Å². The van der Waals surface area contributed by atoms with Crippen molar-refractivity contribution in [3.05, 3.63) is 28.2 Å². The standard InChI is InChI=1S/C13H19BrN2O.2ClH/c1-2-12(16-7-5-15-6-8-16)10-3-4-13(17)11(14)9-10;;/h3-4,9,12,15,17H,2,5-8H2,1H3;2*1H/t12-;;/m1../s1. The van der Waals surface area contributed by atoms with Gasteiger partial charge in [-0.3, -0.25) is 4.90 Å². The minimum Gasteiger partial charge on any atom is -0.507 e. The van der Waals surface area contributed by atoms with E-state index in [1.807, 2.05) is 12.1 Å². The number of nitrogens with zero attached hydrogens (tertiary/aromatic N) is 1. The fourth-order valence-electron chi connectivity index (χ4n) is 2.43. The first-order valence-electron chi connectivity index (χ1n) is 6.15. The molecule has 1 fully saturated rings. The Hall–Kier alpha value is -0.000000000000000111. The number of piperazine rings is 1. The largest absolute Gasteiger partial charge is 0.507 e. The molecule has 0 radical (unpaired) electrons. The molecule has 6 heteroatoms. The van der Waals surface area contributed by atoms with Crippen LogP contribution < -0.4 is 5.32 Å². The van der Waals surface area contributed by atoms with Gasteiger partial charge in [-0.2, -0.15) is 0 Å². The smallest absolute Gasteiger partial charge is 0.129 e. The van der Waals surface area contributed by atoms with Crippen molar-refractivity contribution in [2.45, 2.75) is 19.4 Å². The first-order valence-corrected chi connectivity index (χ1v) is 6.95. The molecule has 1 aliphatic rings. The molecule has 1 heterocycles. The fraction of sp³-hybridized carbons (Fsp3) is 0.538. The van der Waals surface area contributed by atoms with Crippen molar-refractivity contribution in [2.75, 3.05) is 26.2 Å². The van der Waals surface area contributed by atoms with Crippen molar-refractivity contribution in [1.29, 1.82) is 0 Å². The molecular weight excluding hydrogens is 351 g/mol. The van der Waals surface area contributed by atoms with Gasteiger partial charge in [0, 0.05) is 32.2 Å². The Kier molecular flexibility index (Phi) is 9.03. The van der Waals surface area contributed by atoms with E-state index in [0.29, 0.717) is 11.8 Å². The highest BCUT2D eigenvalue weighted by molar-refractivity contribution is 9.10. The molecule has 0 saturated carbocycles. The van der Waals surface area contributed by atoms with Crippen LogP contribution in [0.3, 0.4) is 0 Å². The molecule has 0 aliphatic carbocycles. The summed E-state index contributed by atoms with van der Waals surface area (Å²) >= 11 is 3.39. The predicted molar refractivity (Wildman–Crippen MR) is 87.8 cm³/mol. The highest BCUT2D eigenvalue weighted by atomic mass is 79.9. The topological polar surface area (TPSA) is 35.5 Å². The number of phenolic OH excluding ortho intramolecular Hbond substituents is 1. The average Bonchev–Trinajstić information content (AvgIpc) is 2.36. The fourth-order valence-corrected chi connectivity index (χ4v) is 2.83. The molecule has 3 nitrogen and oxygen atoms in total. The zero-order valence-electron chi connectivity index (χ0n) is 10.9. The van der Waals surface area contributed by atoms with Crippen LogP contribution in [0.15, 0.2) is 22.7 Å². The number of nitrogens with one attached hydrogen (secondary N) is 1. The Morgan fingerprint density at radius 2 is 1.95 bits per heavy atom. The van der Waals surface area contributed by atoms with Gasteiger partial charge in [0.15, 0.2) is 0 Å². The number of phenols is 1. The van der Waals surface area contributed by atoms with Gasteiger partial charge in [-0.05, 0) is 40.0 Å². The molecule has 2 rings (SSSR count). The van der Waals surface area contributed by atoms with Crippen LogP contribution in [0, 0.1) is 0 Å². The normalized spacial score (nSPS) is 17.2. The molecule has 0 bridgehead atoms. The van der Waals surface area contributed by atoms with Crippen LogP contribution in [-0.4, -0.2) is 36.2 Å². The first-order chi connectivity index (χ1) is 8.22. The van der Waals surface area contributed by atoms with Crippen LogP contribution in [0.4, 0.5) is 0 Å². The maximum absolute atomic E-state index is 9.54. The van der Waals surface area contributed by atoms with Gasteiger partial charge in [-0.1, -0.05) is 13.0 Å². The maximum Gasteiger partial charge on any atom is 0.129 e. The molecule has 1 aromatic carbocycles. The van der Waals surface area contributed by atoms with E-state index in [0.717, 1.165) is 37.1 Å². The number of rotatable bonds is 3. The number of aromatic hydroxyl groups is 1. The van der Waals surface area contributed by atoms with Crippen LogP contribution in [0.5, 0.6) is 5.75 Å². The molecule has 2 N–H and O–H groups in total. The lowest BCUT2D eigenvalue weighted by Gasteiger charge is -2.34. The Labute approximate surface area is 135 Å². The van der Waals surface area contributed by atoms with Crippen molar-refractivity contribution in [3.63, 3.8) is 0 Å². The molecule has 1 saturated heterocycles. The van der Waals surface area contributed by atoms with Crippen LogP contribution in [0.25, 0.3) is 0 Å². The van der Waals surface area contributed by atoms with E-state index >= 15 is 0 Å². The van der Waals surface area contributed by atoms with E-state index in [1.165, 1.54) is 5.56 Å². The highest BCUT2D eigenvalue weighted by Crippen LogP contribution is 2.31. The summed E-state index contributed by atoms with van der Waals surface area (Å²) in [6, 6.07) is 6.28. The number of halogens is 3. The first kappa shape index (κ1) is 19.0. The molecule has 0 amide bonds. The molecule has 0 aromatic heterocycles. The summed E-state index contributed by atoms with van der Waals surface area (Å²) in [6.07, 6.45) is 1.09. The monoisotopic (exact) mass is 370 g/mol. The lowest BCUT2D eigenvalue weighted by Crippen LogP contribution is -2.45. The summed E-state index contributed by atoms with van der Waals surface area (Å²) in [6.45, 7) is 6.53. The summed E-state index contributed by atoms with van der Waals surface area (Å²) in [4.78, 5) is 2.51. The van der Waals surface area contributed by atoms with Crippen LogP contribution in [-0.2, 0) is 0 Å². The Balaban J connectivity index is 0.00000162. The summed E-state index contributed by atoms with van der Waals surface area (Å²) in [5, 5.41) is 12.9. The summed E-state index contributed by atoms with van der Waals surface area (Å²) in [5.41, 5.74) is 1.28. The maximum atomic E-state index is 9.54. The highest BCUT2D eigenvalue weighted by Gasteiger charge is 2.20. The van der Waals surface area contributed by atoms with Crippen molar-refractivity contribution >= 4 is 40.7 Å². The van der Waals surface area contributed by atoms with Gasteiger partial charge in [0.1, 0.15) is 5.75 Å².